The number of ether oxygens (including phenoxy) is 1. The fourth-order valence-corrected chi connectivity index (χ4v) is 3.15. The minimum absolute atomic E-state index is 0.283. The van der Waals surface area contributed by atoms with E-state index in [1.165, 1.54) is 9.36 Å². The Bertz CT molecular complexity index is 874. The van der Waals surface area contributed by atoms with E-state index in [2.05, 4.69) is 17.4 Å². The van der Waals surface area contributed by atoms with Crippen LogP contribution in [0.3, 0.4) is 0 Å². The van der Waals surface area contributed by atoms with Gasteiger partial charge in [0.15, 0.2) is 0 Å². The van der Waals surface area contributed by atoms with Crippen molar-refractivity contribution in [3.63, 3.8) is 0 Å². The highest BCUT2D eigenvalue weighted by Gasteiger charge is 2.15. The maximum absolute atomic E-state index is 12.2. The molecule has 0 atom stereocenters. The van der Waals surface area contributed by atoms with E-state index in [-0.39, 0.29) is 5.69 Å². The van der Waals surface area contributed by atoms with E-state index in [1.54, 1.807) is 18.8 Å². The molecule has 24 heavy (non-hydrogen) atoms. The summed E-state index contributed by atoms with van der Waals surface area (Å²) in [5, 5.41) is 7.75. The number of para-hydroxylation sites is 1. The Hall–Kier alpha value is -2.54. The fraction of sp³-hybridized carbons (Fsp3) is 0.235. The van der Waals surface area contributed by atoms with E-state index >= 15 is 0 Å². The Morgan fingerprint density at radius 1 is 1.08 bits per heavy atom. The van der Waals surface area contributed by atoms with Crippen molar-refractivity contribution < 1.29 is 4.74 Å². The Morgan fingerprint density at radius 2 is 1.88 bits per heavy atom. The molecule has 3 aromatic rings. The standard InChI is InChI=1S/C17H18N4O2S/c1-3-24-16-11-7-10-15(21-17(22)20(2)18-19-21)14(16)12-23-13-8-5-4-6-9-13/h4-11H,3,12H2,1-2H3. The van der Waals surface area contributed by atoms with Crippen LogP contribution in [0.2, 0.25) is 0 Å². The third-order valence-electron chi connectivity index (χ3n) is 3.48. The normalized spacial score (nSPS) is 10.8. The Kier molecular flexibility index (Phi) is 5.00. The molecule has 0 spiro atoms. The van der Waals surface area contributed by atoms with Crippen LogP contribution in [0, 0.1) is 0 Å². The van der Waals surface area contributed by atoms with E-state index in [4.69, 9.17) is 4.74 Å². The third kappa shape index (κ3) is 3.35. The van der Waals surface area contributed by atoms with Gasteiger partial charge >= 0.3 is 5.69 Å². The highest BCUT2D eigenvalue weighted by molar-refractivity contribution is 7.99. The molecule has 7 heteroatoms. The molecule has 0 aliphatic heterocycles. The molecule has 1 heterocycles. The summed E-state index contributed by atoms with van der Waals surface area (Å²) in [6.07, 6.45) is 0. The zero-order valence-electron chi connectivity index (χ0n) is 13.5. The van der Waals surface area contributed by atoms with Crippen molar-refractivity contribution in [2.24, 2.45) is 7.05 Å². The van der Waals surface area contributed by atoms with Crippen molar-refractivity contribution in [2.75, 3.05) is 5.75 Å². The minimum atomic E-state index is -0.283. The Balaban J connectivity index is 2.01. The van der Waals surface area contributed by atoms with Gasteiger partial charge in [-0.1, -0.05) is 31.2 Å². The van der Waals surface area contributed by atoms with E-state index in [1.807, 2.05) is 48.5 Å². The Labute approximate surface area is 144 Å². The number of hydrogen-bond acceptors (Lipinski definition) is 5. The number of hydrogen-bond donors (Lipinski definition) is 0. The van der Waals surface area contributed by atoms with Crippen LogP contribution in [0.25, 0.3) is 5.69 Å². The summed E-state index contributed by atoms with van der Waals surface area (Å²) in [6.45, 7) is 2.44. The molecule has 6 nitrogen and oxygen atoms in total. The molecule has 3 rings (SSSR count). The molecular formula is C17H18N4O2S. The van der Waals surface area contributed by atoms with Crippen molar-refractivity contribution in [2.45, 2.75) is 18.4 Å². The second-order valence-corrected chi connectivity index (χ2v) is 6.39. The largest absolute Gasteiger partial charge is 0.489 e. The zero-order chi connectivity index (χ0) is 16.9. The summed E-state index contributed by atoms with van der Waals surface area (Å²) in [6, 6.07) is 15.4. The lowest BCUT2D eigenvalue weighted by molar-refractivity contribution is 0.302. The van der Waals surface area contributed by atoms with Crippen molar-refractivity contribution in [3.8, 4) is 11.4 Å². The van der Waals surface area contributed by atoms with Crippen LogP contribution in [0.1, 0.15) is 12.5 Å². The average molecular weight is 342 g/mol. The molecule has 0 aliphatic rings. The second-order valence-electron chi connectivity index (χ2n) is 5.09. The SMILES string of the molecule is CCSc1cccc(-n2nnn(C)c2=O)c1COc1ccccc1. The molecule has 2 aromatic carbocycles. The first-order valence-electron chi connectivity index (χ1n) is 7.62. The quantitative estimate of drug-likeness (QED) is 0.645. The molecule has 0 aliphatic carbocycles. The minimum Gasteiger partial charge on any atom is -0.489 e. The van der Waals surface area contributed by atoms with Gasteiger partial charge in [-0.3, -0.25) is 0 Å². The Morgan fingerprint density at radius 3 is 2.54 bits per heavy atom. The van der Waals surface area contributed by atoms with Crippen LogP contribution in [-0.2, 0) is 13.7 Å². The topological polar surface area (TPSA) is 61.9 Å². The van der Waals surface area contributed by atoms with Crippen molar-refractivity contribution >= 4 is 11.8 Å². The van der Waals surface area contributed by atoms with Crippen molar-refractivity contribution in [1.29, 1.82) is 0 Å². The van der Waals surface area contributed by atoms with Gasteiger partial charge in [0.2, 0.25) is 0 Å². The molecule has 0 unspecified atom stereocenters. The van der Waals surface area contributed by atoms with E-state index in [9.17, 15) is 4.79 Å². The van der Waals surface area contributed by atoms with Gasteiger partial charge in [-0.25, -0.2) is 4.79 Å². The van der Waals surface area contributed by atoms with Gasteiger partial charge in [-0.15, -0.1) is 11.8 Å². The third-order valence-corrected chi connectivity index (χ3v) is 4.47. The molecule has 0 bridgehead atoms. The van der Waals surface area contributed by atoms with Crippen LogP contribution in [0.4, 0.5) is 0 Å². The maximum Gasteiger partial charge on any atom is 0.368 e. The van der Waals surface area contributed by atoms with Gasteiger partial charge < -0.3 is 4.74 Å². The predicted octanol–water partition coefficient (Wildman–Crippen LogP) is 2.66. The van der Waals surface area contributed by atoms with Crippen LogP contribution >= 0.6 is 11.8 Å². The van der Waals surface area contributed by atoms with E-state index in [0.717, 1.165) is 22.0 Å². The van der Waals surface area contributed by atoms with Gasteiger partial charge in [0, 0.05) is 17.5 Å². The van der Waals surface area contributed by atoms with Gasteiger partial charge in [0.05, 0.1) is 5.69 Å². The predicted molar refractivity (Wildman–Crippen MR) is 93.8 cm³/mol. The van der Waals surface area contributed by atoms with Crippen molar-refractivity contribution in [1.82, 2.24) is 19.8 Å². The smallest absolute Gasteiger partial charge is 0.368 e. The number of thioether (sulfide) groups is 1. The molecule has 1 aromatic heterocycles. The fourth-order valence-electron chi connectivity index (χ4n) is 2.33. The summed E-state index contributed by atoms with van der Waals surface area (Å²) in [7, 11) is 1.58. The lowest BCUT2D eigenvalue weighted by atomic mass is 10.2. The first kappa shape index (κ1) is 16.3. The summed E-state index contributed by atoms with van der Waals surface area (Å²) < 4.78 is 8.42. The molecule has 0 radical (unpaired) electrons. The summed E-state index contributed by atoms with van der Waals surface area (Å²) in [4.78, 5) is 13.3. The number of aromatic nitrogens is 4. The monoisotopic (exact) mass is 342 g/mol. The molecule has 0 saturated heterocycles. The van der Waals surface area contributed by atoms with E-state index in [0.29, 0.717) is 12.3 Å². The summed E-state index contributed by atoms with van der Waals surface area (Å²) in [5.74, 6) is 1.71. The number of nitrogens with zero attached hydrogens (tertiary/aromatic N) is 4. The van der Waals surface area contributed by atoms with Crippen LogP contribution < -0.4 is 10.4 Å². The number of benzene rings is 2. The molecule has 0 amide bonds. The second kappa shape index (κ2) is 7.35. The molecule has 0 saturated carbocycles. The van der Waals surface area contributed by atoms with Gasteiger partial charge in [0.1, 0.15) is 12.4 Å². The van der Waals surface area contributed by atoms with E-state index < -0.39 is 0 Å². The highest BCUT2D eigenvalue weighted by atomic mass is 32.2. The highest BCUT2D eigenvalue weighted by Crippen LogP contribution is 2.28. The average Bonchev–Trinajstić information content (AvgIpc) is 2.94. The van der Waals surface area contributed by atoms with Crippen LogP contribution in [-0.4, -0.2) is 25.5 Å². The molecular weight excluding hydrogens is 324 g/mol. The van der Waals surface area contributed by atoms with Crippen LogP contribution in [0.15, 0.2) is 58.2 Å². The first-order chi connectivity index (χ1) is 11.7. The number of aryl methyl sites for hydroxylation is 1. The number of rotatable bonds is 6. The molecule has 0 fully saturated rings. The number of tetrazole rings is 1. The maximum atomic E-state index is 12.2. The van der Waals surface area contributed by atoms with Gasteiger partial charge in [-0.05, 0) is 40.4 Å². The lowest BCUT2D eigenvalue weighted by Gasteiger charge is -2.14. The summed E-state index contributed by atoms with van der Waals surface area (Å²) >= 11 is 1.71. The zero-order valence-corrected chi connectivity index (χ0v) is 14.4. The first-order valence-corrected chi connectivity index (χ1v) is 8.61. The van der Waals surface area contributed by atoms with Gasteiger partial charge in [0.25, 0.3) is 0 Å². The van der Waals surface area contributed by atoms with Crippen molar-refractivity contribution in [3.05, 3.63) is 64.6 Å². The molecule has 0 N–H and O–H groups in total. The van der Waals surface area contributed by atoms with Gasteiger partial charge in [-0.2, -0.15) is 9.36 Å². The molecule has 124 valence electrons. The van der Waals surface area contributed by atoms with Crippen LogP contribution in [0.5, 0.6) is 5.75 Å². The lowest BCUT2D eigenvalue weighted by Crippen LogP contribution is -2.23. The summed E-state index contributed by atoms with van der Waals surface area (Å²) in [5.41, 5.74) is 1.34.